The molecule has 0 unspecified atom stereocenters. The minimum atomic E-state index is 0.436. The number of hydrogen-bond donors (Lipinski definition) is 1. The zero-order chi connectivity index (χ0) is 16.4. The number of anilines is 2. The molecule has 3 aromatic rings. The Kier molecular flexibility index (Phi) is 3.96. The van der Waals surface area contributed by atoms with Crippen molar-refractivity contribution in [2.45, 2.75) is 6.54 Å². The van der Waals surface area contributed by atoms with Gasteiger partial charge in [0, 0.05) is 50.5 Å². The van der Waals surface area contributed by atoms with Crippen LogP contribution in [0, 0.1) is 0 Å². The molecule has 1 aliphatic heterocycles. The Hall–Kier alpha value is -2.73. The first-order valence-electron chi connectivity index (χ1n) is 8.19. The van der Waals surface area contributed by atoms with Gasteiger partial charge in [-0.1, -0.05) is 0 Å². The van der Waals surface area contributed by atoms with E-state index in [0.717, 1.165) is 48.6 Å². The lowest BCUT2D eigenvalue weighted by molar-refractivity contribution is 0.647. The molecule has 0 amide bonds. The lowest BCUT2D eigenvalue weighted by atomic mass is 10.2. The summed E-state index contributed by atoms with van der Waals surface area (Å²) in [6.07, 6.45) is 5.57. The highest BCUT2D eigenvalue weighted by atomic mass is 15.3. The van der Waals surface area contributed by atoms with Crippen molar-refractivity contribution in [1.82, 2.24) is 15.0 Å². The third kappa shape index (κ3) is 2.88. The second-order valence-electron chi connectivity index (χ2n) is 5.93. The van der Waals surface area contributed by atoms with E-state index in [9.17, 15) is 0 Å². The van der Waals surface area contributed by atoms with Crippen molar-refractivity contribution in [2.24, 2.45) is 5.73 Å². The molecule has 2 N–H and O–H groups in total. The highest BCUT2D eigenvalue weighted by Gasteiger charge is 2.18. The van der Waals surface area contributed by atoms with Gasteiger partial charge in [0.05, 0.1) is 23.1 Å². The molecule has 24 heavy (non-hydrogen) atoms. The molecule has 0 aromatic carbocycles. The van der Waals surface area contributed by atoms with Gasteiger partial charge in [0.2, 0.25) is 0 Å². The molecule has 0 bridgehead atoms. The molecule has 4 rings (SSSR count). The number of piperazine rings is 1. The summed E-state index contributed by atoms with van der Waals surface area (Å²) in [4.78, 5) is 18.0. The van der Waals surface area contributed by atoms with Crippen LogP contribution in [0.2, 0.25) is 0 Å². The lowest BCUT2D eigenvalue weighted by Crippen LogP contribution is -2.46. The summed E-state index contributed by atoms with van der Waals surface area (Å²) in [5, 5.41) is 1.05. The molecule has 0 aliphatic carbocycles. The first kappa shape index (κ1) is 14.8. The summed E-state index contributed by atoms with van der Waals surface area (Å²) in [5.41, 5.74) is 8.69. The first-order valence-corrected chi connectivity index (χ1v) is 8.19. The Morgan fingerprint density at radius 1 is 1.00 bits per heavy atom. The lowest BCUT2D eigenvalue weighted by Gasteiger charge is -2.36. The van der Waals surface area contributed by atoms with E-state index in [4.69, 9.17) is 10.7 Å². The fourth-order valence-electron chi connectivity index (χ4n) is 3.07. The normalized spacial score (nSPS) is 15.0. The Balaban J connectivity index is 1.52. The fourth-order valence-corrected chi connectivity index (χ4v) is 3.07. The van der Waals surface area contributed by atoms with Crippen LogP contribution in [0.15, 0.2) is 48.9 Å². The molecular formula is C18H20N6. The zero-order valence-electron chi connectivity index (χ0n) is 13.5. The maximum absolute atomic E-state index is 5.68. The summed E-state index contributed by atoms with van der Waals surface area (Å²) in [6, 6.07) is 10.2. The van der Waals surface area contributed by atoms with E-state index in [2.05, 4.69) is 38.0 Å². The molecule has 4 heterocycles. The predicted octanol–water partition coefficient (Wildman–Crippen LogP) is 1.81. The molecule has 0 spiro atoms. The van der Waals surface area contributed by atoms with Gasteiger partial charge in [-0.2, -0.15) is 0 Å². The number of nitrogens with zero attached hydrogens (tertiary/aromatic N) is 5. The van der Waals surface area contributed by atoms with Crippen LogP contribution in [0.5, 0.6) is 0 Å². The van der Waals surface area contributed by atoms with Crippen LogP contribution < -0.4 is 15.5 Å². The maximum atomic E-state index is 5.68. The Morgan fingerprint density at radius 2 is 1.83 bits per heavy atom. The predicted molar refractivity (Wildman–Crippen MR) is 96.1 cm³/mol. The van der Waals surface area contributed by atoms with E-state index in [1.54, 1.807) is 0 Å². The Labute approximate surface area is 141 Å². The molecule has 0 radical (unpaired) electrons. The summed E-state index contributed by atoms with van der Waals surface area (Å²) in [7, 11) is 0. The van der Waals surface area contributed by atoms with Crippen LogP contribution in [0.1, 0.15) is 5.69 Å². The third-order valence-corrected chi connectivity index (χ3v) is 4.44. The van der Waals surface area contributed by atoms with E-state index in [-0.39, 0.29) is 0 Å². The van der Waals surface area contributed by atoms with Gasteiger partial charge in [0.15, 0.2) is 0 Å². The van der Waals surface area contributed by atoms with Crippen LogP contribution in [-0.4, -0.2) is 41.1 Å². The summed E-state index contributed by atoms with van der Waals surface area (Å²) < 4.78 is 0. The highest BCUT2D eigenvalue weighted by molar-refractivity contribution is 5.79. The fraction of sp³-hybridized carbons (Fsp3) is 0.278. The van der Waals surface area contributed by atoms with Crippen molar-refractivity contribution < 1.29 is 0 Å². The maximum Gasteiger partial charge on any atom is 0.129 e. The van der Waals surface area contributed by atoms with Gasteiger partial charge in [0.25, 0.3) is 0 Å². The summed E-state index contributed by atoms with van der Waals surface area (Å²) in [6.45, 7) is 4.27. The molecule has 1 saturated heterocycles. The first-order chi connectivity index (χ1) is 11.8. The molecule has 6 nitrogen and oxygen atoms in total. The van der Waals surface area contributed by atoms with E-state index in [1.165, 1.54) is 5.69 Å². The zero-order valence-corrected chi connectivity index (χ0v) is 13.5. The average Bonchev–Trinajstić information content (AvgIpc) is 2.68. The van der Waals surface area contributed by atoms with Gasteiger partial charge in [-0.25, -0.2) is 4.98 Å². The monoisotopic (exact) mass is 320 g/mol. The van der Waals surface area contributed by atoms with Crippen molar-refractivity contribution in [1.29, 1.82) is 0 Å². The molecule has 6 heteroatoms. The van der Waals surface area contributed by atoms with Gasteiger partial charge in [-0.05, 0) is 30.3 Å². The Morgan fingerprint density at radius 3 is 2.58 bits per heavy atom. The Bertz CT molecular complexity index is 827. The van der Waals surface area contributed by atoms with E-state index < -0.39 is 0 Å². The van der Waals surface area contributed by atoms with Gasteiger partial charge in [-0.3, -0.25) is 9.97 Å². The average molecular weight is 320 g/mol. The van der Waals surface area contributed by atoms with Crippen molar-refractivity contribution in [3.8, 4) is 0 Å². The third-order valence-electron chi connectivity index (χ3n) is 4.44. The highest BCUT2D eigenvalue weighted by Crippen LogP contribution is 2.21. The van der Waals surface area contributed by atoms with E-state index in [0.29, 0.717) is 6.54 Å². The van der Waals surface area contributed by atoms with Crippen LogP contribution in [-0.2, 0) is 6.54 Å². The number of nitrogens with two attached hydrogens (primary N) is 1. The van der Waals surface area contributed by atoms with Crippen LogP contribution in [0.25, 0.3) is 10.9 Å². The van der Waals surface area contributed by atoms with Crippen molar-refractivity contribution in [3.63, 3.8) is 0 Å². The van der Waals surface area contributed by atoms with Crippen molar-refractivity contribution in [2.75, 3.05) is 36.0 Å². The van der Waals surface area contributed by atoms with Gasteiger partial charge >= 0.3 is 0 Å². The van der Waals surface area contributed by atoms with E-state index >= 15 is 0 Å². The smallest absolute Gasteiger partial charge is 0.129 e. The standard InChI is InChI=1S/C18H20N6/c19-11-15-10-17-14(12-21-15)3-4-18(22-17)24-8-6-23(7-9-24)16-2-1-5-20-13-16/h1-5,10,12-13H,6-9,11,19H2. The number of rotatable bonds is 3. The molecule has 0 atom stereocenters. The van der Waals surface area contributed by atoms with Crippen molar-refractivity contribution in [3.05, 3.63) is 54.6 Å². The SMILES string of the molecule is NCc1cc2nc(N3CCN(c4cccnc4)CC3)ccc2cn1. The molecule has 1 aliphatic rings. The molecular weight excluding hydrogens is 300 g/mol. The van der Waals surface area contributed by atoms with Gasteiger partial charge in [0.1, 0.15) is 5.82 Å². The van der Waals surface area contributed by atoms with Crippen LogP contribution in [0.4, 0.5) is 11.5 Å². The topological polar surface area (TPSA) is 71.2 Å². The number of aromatic nitrogens is 3. The van der Waals surface area contributed by atoms with Gasteiger partial charge < -0.3 is 15.5 Å². The molecule has 0 saturated carbocycles. The molecule has 122 valence electrons. The molecule has 3 aromatic heterocycles. The van der Waals surface area contributed by atoms with Crippen LogP contribution in [0.3, 0.4) is 0 Å². The van der Waals surface area contributed by atoms with Gasteiger partial charge in [-0.15, -0.1) is 0 Å². The largest absolute Gasteiger partial charge is 0.367 e. The summed E-state index contributed by atoms with van der Waals surface area (Å²) in [5.74, 6) is 1.02. The number of fused-ring (bicyclic) bond motifs is 1. The van der Waals surface area contributed by atoms with E-state index in [1.807, 2.05) is 30.7 Å². The van der Waals surface area contributed by atoms with Crippen LogP contribution >= 0.6 is 0 Å². The summed E-state index contributed by atoms with van der Waals surface area (Å²) >= 11 is 0. The van der Waals surface area contributed by atoms with Crippen molar-refractivity contribution >= 4 is 22.4 Å². The second kappa shape index (κ2) is 6.41. The minimum Gasteiger partial charge on any atom is -0.367 e. The quantitative estimate of drug-likeness (QED) is 0.793. The molecule has 1 fully saturated rings. The number of hydrogen-bond acceptors (Lipinski definition) is 6. The minimum absolute atomic E-state index is 0.436. The number of pyridine rings is 3. The second-order valence-corrected chi connectivity index (χ2v) is 5.93.